The van der Waals surface area contributed by atoms with Crippen molar-refractivity contribution in [3.63, 3.8) is 0 Å². The van der Waals surface area contributed by atoms with E-state index in [-0.39, 0.29) is 99.2 Å². The number of likely N-dealkylation sites (tertiary alicyclic amines) is 2. The van der Waals surface area contributed by atoms with Gasteiger partial charge in [0.25, 0.3) is 0 Å². The molecule has 4 saturated carbocycles. The van der Waals surface area contributed by atoms with Crippen LogP contribution in [0, 0.1) is 29.6 Å². The fourth-order valence-electron chi connectivity index (χ4n) is 12.5. The van der Waals surface area contributed by atoms with Crippen LogP contribution in [0.3, 0.4) is 0 Å². The molecule has 2 saturated heterocycles. The molecule has 5 aromatic rings. The number of carbonyl (C=O) groups is 4. The standard InChI is InChI=1S/C53H58F4N8O6/c1-27-37-24-42(65(45(27)37)49(67)44(63-51(69)71-3)31-14-18-53(56,57)19-15-31)47-59-26-39(61-47)35-11-10-33-20-32(8-9-34(33)21-35)28-4-6-29(7-5-28)38-25-58-46(60-38)41-23-36-22-40(36)64(41)48(66)43(62-50(68)70-2)30-12-16-52(54,55)17-13-30/h4-11,20-21,25-27,30-31,36-37,40-45H,12-19,22-24H2,1-3H3,(H,58,60)(H,59,61)(H,62,68)(H,63,69)/t27-,36-,37+,40-,41+,42+,43+,44+,45-/m1/s1. The fourth-order valence-corrected chi connectivity index (χ4v) is 12.5. The summed E-state index contributed by atoms with van der Waals surface area (Å²) < 4.78 is 66.2. The van der Waals surface area contributed by atoms with Crippen molar-refractivity contribution < 1.29 is 46.2 Å². The van der Waals surface area contributed by atoms with E-state index in [1.165, 1.54) is 14.2 Å². The van der Waals surface area contributed by atoms with Crippen LogP contribution in [0.25, 0.3) is 44.4 Å². The smallest absolute Gasteiger partial charge is 0.407 e. The van der Waals surface area contributed by atoms with Crippen LogP contribution in [0.1, 0.15) is 101 Å². The molecule has 374 valence electrons. The molecule has 14 nitrogen and oxygen atoms in total. The van der Waals surface area contributed by atoms with Crippen molar-refractivity contribution in [3.8, 4) is 33.6 Å². The van der Waals surface area contributed by atoms with E-state index < -0.39 is 48.0 Å². The molecule has 2 aromatic heterocycles. The molecule has 0 unspecified atom stereocenters. The van der Waals surface area contributed by atoms with Crippen LogP contribution < -0.4 is 10.6 Å². The third kappa shape index (κ3) is 9.00. The zero-order chi connectivity index (χ0) is 49.5. The minimum atomic E-state index is -2.78. The third-order valence-corrected chi connectivity index (χ3v) is 16.7. The molecule has 4 heterocycles. The van der Waals surface area contributed by atoms with E-state index in [0.29, 0.717) is 24.0 Å². The number of amides is 4. The van der Waals surface area contributed by atoms with E-state index in [4.69, 9.17) is 19.4 Å². The predicted molar refractivity (Wildman–Crippen MR) is 254 cm³/mol. The predicted octanol–water partition coefficient (Wildman–Crippen LogP) is 9.96. The van der Waals surface area contributed by atoms with Crippen LogP contribution in [0.15, 0.2) is 73.1 Å². The lowest BCUT2D eigenvalue weighted by atomic mass is 9.81. The minimum absolute atomic E-state index is 0.0103. The van der Waals surface area contributed by atoms with Crippen molar-refractivity contribution in [2.45, 2.75) is 126 Å². The van der Waals surface area contributed by atoms with Crippen molar-refractivity contribution in [1.29, 1.82) is 0 Å². The number of nitrogens with one attached hydrogen (secondary N) is 4. The number of fused-ring (bicyclic) bond motifs is 3. The Kier molecular flexibility index (Phi) is 11.9. The Morgan fingerprint density at radius 1 is 0.634 bits per heavy atom. The number of benzene rings is 3. The number of aromatic amines is 2. The molecule has 71 heavy (non-hydrogen) atoms. The molecule has 11 rings (SSSR count). The highest BCUT2D eigenvalue weighted by Gasteiger charge is 2.62. The Balaban J connectivity index is 0.767. The van der Waals surface area contributed by atoms with Crippen molar-refractivity contribution in [2.75, 3.05) is 14.2 Å². The van der Waals surface area contributed by atoms with Gasteiger partial charge in [0.05, 0.1) is 50.1 Å². The zero-order valence-corrected chi connectivity index (χ0v) is 39.8. The molecule has 9 atom stereocenters. The van der Waals surface area contributed by atoms with E-state index in [0.717, 1.165) is 57.3 Å². The van der Waals surface area contributed by atoms with Gasteiger partial charge in [-0.3, -0.25) is 9.59 Å². The summed E-state index contributed by atoms with van der Waals surface area (Å²) in [7, 11) is 2.44. The Hall–Kier alpha value is -6.46. The summed E-state index contributed by atoms with van der Waals surface area (Å²) in [6.07, 6.45) is 3.49. The molecule has 0 radical (unpaired) electrons. The number of hydrogen-bond acceptors (Lipinski definition) is 8. The average Bonchev–Trinajstić information content (AvgIpc) is 3.82. The Morgan fingerprint density at radius 3 is 1.65 bits per heavy atom. The number of piperidine rings is 2. The van der Waals surface area contributed by atoms with E-state index in [2.05, 4.69) is 70.0 Å². The van der Waals surface area contributed by atoms with Gasteiger partial charge in [0.2, 0.25) is 23.7 Å². The zero-order valence-electron chi connectivity index (χ0n) is 39.8. The lowest BCUT2D eigenvalue weighted by molar-refractivity contribution is -0.139. The van der Waals surface area contributed by atoms with E-state index >= 15 is 0 Å². The van der Waals surface area contributed by atoms with Crippen molar-refractivity contribution in [2.24, 2.45) is 29.6 Å². The molecule has 4 amide bonds. The lowest BCUT2D eigenvalue weighted by Crippen LogP contribution is -2.54. The molecular weight excluding hydrogens is 921 g/mol. The van der Waals surface area contributed by atoms with E-state index in [1.54, 1.807) is 12.4 Å². The Labute approximate surface area is 408 Å². The molecular formula is C53H58F4N8O6. The number of hydrogen-bond donors (Lipinski definition) is 4. The summed E-state index contributed by atoms with van der Waals surface area (Å²) in [6, 6.07) is 18.0. The summed E-state index contributed by atoms with van der Waals surface area (Å²) in [5.74, 6) is -4.82. The number of carbonyl (C=O) groups excluding carboxylic acids is 4. The highest BCUT2D eigenvalue weighted by Crippen LogP contribution is 2.58. The number of rotatable bonds is 11. The summed E-state index contributed by atoms with van der Waals surface area (Å²) in [5.41, 5.74) is 5.47. The average molecular weight is 979 g/mol. The number of imidazole rings is 2. The molecule has 4 aliphatic carbocycles. The van der Waals surface area contributed by atoms with Gasteiger partial charge in [0.15, 0.2) is 0 Å². The van der Waals surface area contributed by atoms with Gasteiger partial charge in [0, 0.05) is 43.3 Å². The second-order valence-electron chi connectivity index (χ2n) is 20.9. The maximum atomic E-state index is 14.4. The van der Waals surface area contributed by atoms with E-state index in [1.807, 2.05) is 28.0 Å². The highest BCUT2D eigenvalue weighted by atomic mass is 19.3. The van der Waals surface area contributed by atoms with Crippen molar-refractivity contribution in [3.05, 3.63) is 84.7 Å². The van der Waals surface area contributed by atoms with Crippen molar-refractivity contribution >= 4 is 34.8 Å². The van der Waals surface area contributed by atoms with Crippen molar-refractivity contribution in [1.82, 2.24) is 40.4 Å². The molecule has 3 aromatic carbocycles. The molecule has 4 N–H and O–H groups in total. The third-order valence-electron chi connectivity index (χ3n) is 16.7. The van der Waals surface area contributed by atoms with Gasteiger partial charge in [0.1, 0.15) is 23.7 Å². The van der Waals surface area contributed by atoms with Crippen LogP contribution in [0.4, 0.5) is 27.2 Å². The number of alkyl halides is 4. The number of ether oxygens (including phenoxy) is 2. The first-order valence-electron chi connectivity index (χ1n) is 24.9. The number of halogens is 4. The van der Waals surface area contributed by atoms with Crippen LogP contribution >= 0.6 is 0 Å². The van der Waals surface area contributed by atoms with Crippen LogP contribution in [0.2, 0.25) is 0 Å². The topological polar surface area (TPSA) is 175 Å². The van der Waals surface area contributed by atoms with Crippen LogP contribution in [-0.2, 0) is 19.1 Å². The number of nitrogens with zero attached hydrogens (tertiary/aromatic N) is 4. The van der Waals surface area contributed by atoms with E-state index in [9.17, 15) is 36.7 Å². The normalized spacial score (nSPS) is 27.3. The maximum Gasteiger partial charge on any atom is 0.407 e. The van der Waals surface area contributed by atoms with Gasteiger partial charge < -0.3 is 39.9 Å². The largest absolute Gasteiger partial charge is 0.453 e. The SMILES string of the molecule is COC(=O)N[C@H](C(=O)N1[C@@H]2[C@H](C)[C@@H]2C[C@H]1c1ncc(-c2ccc3cc(-c4ccc(-c5cnc([C@@H]6C[C@H]7C[C@H]7N6C(=O)[C@@H](NC(=O)OC)C6CCC(F)(F)CC6)[nH]5)cc4)ccc3c2)[nH]1)C1CCC(F)(F)CC1. The van der Waals surface area contributed by atoms with Gasteiger partial charge >= 0.3 is 12.2 Å². The Morgan fingerprint density at radius 2 is 1.10 bits per heavy atom. The second kappa shape index (κ2) is 18.0. The first-order chi connectivity index (χ1) is 34.1. The Bertz CT molecular complexity index is 2850. The highest BCUT2D eigenvalue weighted by molar-refractivity contribution is 5.91. The van der Waals surface area contributed by atoms with Crippen LogP contribution in [0.5, 0.6) is 0 Å². The molecule has 6 fully saturated rings. The van der Waals surface area contributed by atoms with Gasteiger partial charge in [-0.15, -0.1) is 0 Å². The maximum absolute atomic E-state index is 14.4. The summed E-state index contributed by atoms with van der Waals surface area (Å²) in [6.45, 7) is 2.11. The van der Waals surface area contributed by atoms with Gasteiger partial charge in [-0.05, 0) is 114 Å². The number of methoxy groups -OCH3 is 2. The first-order valence-corrected chi connectivity index (χ1v) is 24.9. The molecule has 6 aliphatic rings. The summed E-state index contributed by atoms with van der Waals surface area (Å²) >= 11 is 0. The van der Waals surface area contributed by atoms with Gasteiger partial charge in [-0.1, -0.05) is 55.5 Å². The number of aromatic nitrogens is 4. The summed E-state index contributed by atoms with van der Waals surface area (Å²) in [4.78, 5) is 73.7. The molecule has 0 spiro atoms. The second-order valence-corrected chi connectivity index (χ2v) is 20.9. The monoisotopic (exact) mass is 978 g/mol. The molecule has 2 aliphatic heterocycles. The van der Waals surface area contributed by atoms with Gasteiger partial charge in [-0.2, -0.15) is 0 Å². The number of alkyl carbamates (subject to hydrolysis) is 2. The lowest BCUT2D eigenvalue weighted by Gasteiger charge is -2.37. The molecule has 0 bridgehead atoms. The summed E-state index contributed by atoms with van der Waals surface area (Å²) in [5, 5.41) is 7.46. The first kappa shape index (κ1) is 46.9. The molecule has 18 heteroatoms. The van der Waals surface area contributed by atoms with Crippen LogP contribution in [-0.4, -0.2) is 104 Å². The number of H-pyrrole nitrogens is 2. The minimum Gasteiger partial charge on any atom is -0.453 e. The quantitative estimate of drug-likeness (QED) is 0.0947. The van der Waals surface area contributed by atoms with Gasteiger partial charge in [-0.25, -0.2) is 37.1 Å². The fraction of sp³-hybridized carbons (Fsp3) is 0.509.